The van der Waals surface area contributed by atoms with Crippen molar-refractivity contribution in [3.63, 3.8) is 0 Å². The third-order valence-corrected chi connectivity index (χ3v) is 4.79. The van der Waals surface area contributed by atoms with Crippen LogP contribution in [0.4, 0.5) is 10.8 Å². The molecule has 138 valence electrons. The van der Waals surface area contributed by atoms with Crippen molar-refractivity contribution in [2.75, 3.05) is 5.32 Å². The van der Waals surface area contributed by atoms with Crippen LogP contribution in [-0.2, 0) is 6.42 Å². The number of aryl methyl sites for hydroxylation is 1. The van der Waals surface area contributed by atoms with Crippen molar-refractivity contribution in [1.82, 2.24) is 14.6 Å². The normalized spacial score (nSPS) is 10.6. The van der Waals surface area contributed by atoms with E-state index in [0.29, 0.717) is 33.6 Å². The summed E-state index contributed by atoms with van der Waals surface area (Å²) in [5, 5.41) is 16.9. The number of nitriles is 1. The summed E-state index contributed by atoms with van der Waals surface area (Å²) in [6, 6.07) is 17.9. The number of benzene rings is 2. The molecule has 0 fully saturated rings. The molecule has 2 aromatic heterocycles. The Morgan fingerprint density at radius 1 is 1.18 bits per heavy atom. The molecule has 7 nitrogen and oxygen atoms in total. The SMILES string of the molecule is CCc1cc(=O)n2nc(Nc3cccc(Oc4ccc(C#N)cc4)c3)sc2n1. The lowest BCUT2D eigenvalue weighted by Crippen LogP contribution is -2.15. The molecular formula is C20H15N5O2S. The van der Waals surface area contributed by atoms with Gasteiger partial charge in [-0.05, 0) is 42.8 Å². The first-order chi connectivity index (χ1) is 13.6. The molecule has 0 atom stereocenters. The van der Waals surface area contributed by atoms with Crippen molar-refractivity contribution in [1.29, 1.82) is 5.26 Å². The Morgan fingerprint density at radius 2 is 2.00 bits per heavy atom. The molecule has 0 radical (unpaired) electrons. The van der Waals surface area contributed by atoms with Crippen molar-refractivity contribution in [2.45, 2.75) is 13.3 Å². The minimum atomic E-state index is -0.191. The van der Waals surface area contributed by atoms with Crippen molar-refractivity contribution < 1.29 is 4.74 Å². The highest BCUT2D eigenvalue weighted by Gasteiger charge is 2.09. The second-order valence-corrected chi connectivity index (χ2v) is 6.89. The maximum absolute atomic E-state index is 12.1. The Morgan fingerprint density at radius 3 is 2.75 bits per heavy atom. The summed E-state index contributed by atoms with van der Waals surface area (Å²) in [5.74, 6) is 1.28. The fraction of sp³-hybridized carbons (Fsp3) is 0.100. The number of ether oxygens (including phenoxy) is 1. The Labute approximate surface area is 164 Å². The predicted molar refractivity (Wildman–Crippen MR) is 107 cm³/mol. The van der Waals surface area contributed by atoms with Gasteiger partial charge in [0.25, 0.3) is 5.56 Å². The second-order valence-electron chi connectivity index (χ2n) is 5.93. The molecule has 2 heterocycles. The molecule has 1 N–H and O–H groups in total. The zero-order valence-corrected chi connectivity index (χ0v) is 15.7. The minimum absolute atomic E-state index is 0.191. The van der Waals surface area contributed by atoms with Crippen molar-refractivity contribution in [2.24, 2.45) is 0 Å². The van der Waals surface area contributed by atoms with Crippen LogP contribution in [0.15, 0.2) is 59.4 Å². The number of anilines is 2. The van der Waals surface area contributed by atoms with Gasteiger partial charge < -0.3 is 10.1 Å². The van der Waals surface area contributed by atoms with Gasteiger partial charge in [-0.1, -0.05) is 24.3 Å². The van der Waals surface area contributed by atoms with E-state index in [4.69, 9.17) is 10.00 Å². The van der Waals surface area contributed by atoms with E-state index < -0.39 is 0 Å². The lowest BCUT2D eigenvalue weighted by Gasteiger charge is -2.08. The van der Waals surface area contributed by atoms with Crippen LogP contribution in [0.25, 0.3) is 4.96 Å². The fourth-order valence-electron chi connectivity index (χ4n) is 2.58. The molecule has 0 bridgehead atoms. The largest absolute Gasteiger partial charge is 0.457 e. The molecule has 4 rings (SSSR count). The van der Waals surface area contributed by atoms with E-state index in [0.717, 1.165) is 11.4 Å². The van der Waals surface area contributed by atoms with Crippen LogP contribution in [0.3, 0.4) is 0 Å². The van der Waals surface area contributed by atoms with Crippen LogP contribution in [0.5, 0.6) is 11.5 Å². The highest BCUT2D eigenvalue weighted by atomic mass is 32.1. The van der Waals surface area contributed by atoms with Gasteiger partial charge in [-0.15, -0.1) is 5.10 Å². The molecule has 0 saturated carbocycles. The highest BCUT2D eigenvalue weighted by Crippen LogP contribution is 2.27. The van der Waals surface area contributed by atoms with E-state index in [9.17, 15) is 4.79 Å². The standard InChI is InChI=1S/C20H15N5O2S/c1-2-14-11-18(26)25-20(23-14)28-19(24-25)22-15-4-3-5-17(10-15)27-16-8-6-13(12-21)7-9-16/h3-11H,2H2,1H3,(H,22,24). The molecule has 8 heteroatoms. The summed E-state index contributed by atoms with van der Waals surface area (Å²) in [4.78, 5) is 17.1. The van der Waals surface area contributed by atoms with Gasteiger partial charge in [0, 0.05) is 23.5 Å². The van der Waals surface area contributed by atoms with Crippen LogP contribution in [0.2, 0.25) is 0 Å². The summed E-state index contributed by atoms with van der Waals surface area (Å²) in [7, 11) is 0. The maximum Gasteiger partial charge on any atom is 0.275 e. The number of nitrogens with one attached hydrogen (secondary N) is 1. The Hall–Kier alpha value is -3.70. The Kier molecular flexibility index (Phi) is 4.74. The average molecular weight is 389 g/mol. The summed E-state index contributed by atoms with van der Waals surface area (Å²) >= 11 is 1.31. The van der Waals surface area contributed by atoms with Gasteiger partial charge in [-0.25, -0.2) is 4.98 Å². The Bertz CT molecular complexity index is 1240. The number of rotatable bonds is 5. The molecule has 0 aliphatic carbocycles. The van der Waals surface area contributed by atoms with Gasteiger partial charge in [0.1, 0.15) is 11.5 Å². The Balaban J connectivity index is 1.56. The fourth-order valence-corrected chi connectivity index (χ4v) is 3.43. The number of fused-ring (bicyclic) bond motifs is 1. The number of nitrogens with zero attached hydrogens (tertiary/aromatic N) is 4. The lowest BCUT2D eigenvalue weighted by molar-refractivity contribution is 0.483. The first-order valence-electron chi connectivity index (χ1n) is 8.59. The van der Waals surface area contributed by atoms with Crippen LogP contribution in [0, 0.1) is 11.3 Å². The first-order valence-corrected chi connectivity index (χ1v) is 9.41. The second kappa shape index (κ2) is 7.50. The first kappa shape index (κ1) is 17.7. The third kappa shape index (κ3) is 3.70. The molecular weight excluding hydrogens is 374 g/mol. The summed E-state index contributed by atoms with van der Waals surface area (Å²) in [6.07, 6.45) is 0.696. The zero-order chi connectivity index (χ0) is 19.5. The molecule has 0 aliphatic rings. The van der Waals surface area contributed by atoms with E-state index in [1.54, 1.807) is 24.3 Å². The molecule has 28 heavy (non-hydrogen) atoms. The van der Waals surface area contributed by atoms with Gasteiger partial charge in [0.2, 0.25) is 10.1 Å². The zero-order valence-electron chi connectivity index (χ0n) is 14.9. The van der Waals surface area contributed by atoms with Crippen LogP contribution in [-0.4, -0.2) is 14.6 Å². The molecule has 0 amide bonds. The molecule has 0 saturated heterocycles. The minimum Gasteiger partial charge on any atom is -0.457 e. The lowest BCUT2D eigenvalue weighted by atomic mass is 10.2. The van der Waals surface area contributed by atoms with Crippen LogP contribution < -0.4 is 15.6 Å². The smallest absolute Gasteiger partial charge is 0.275 e. The predicted octanol–water partition coefficient (Wildman–Crippen LogP) is 4.12. The quantitative estimate of drug-likeness (QED) is 0.552. The van der Waals surface area contributed by atoms with Crippen molar-refractivity contribution in [3.05, 3.63) is 76.2 Å². The van der Waals surface area contributed by atoms with Crippen LogP contribution >= 0.6 is 11.3 Å². The molecule has 0 spiro atoms. The van der Waals surface area contributed by atoms with Crippen molar-refractivity contribution in [3.8, 4) is 17.6 Å². The molecule has 4 aromatic rings. The van der Waals surface area contributed by atoms with Gasteiger partial charge in [0.15, 0.2) is 0 Å². The number of hydrogen-bond acceptors (Lipinski definition) is 7. The van der Waals surface area contributed by atoms with E-state index in [2.05, 4.69) is 21.5 Å². The summed E-state index contributed by atoms with van der Waals surface area (Å²) in [6.45, 7) is 1.96. The van der Waals surface area contributed by atoms with E-state index >= 15 is 0 Å². The van der Waals surface area contributed by atoms with Crippen LogP contribution in [0.1, 0.15) is 18.2 Å². The maximum atomic E-state index is 12.1. The molecule has 0 unspecified atom stereocenters. The summed E-state index contributed by atoms with van der Waals surface area (Å²) in [5.41, 5.74) is 1.91. The van der Waals surface area contributed by atoms with E-state index in [1.165, 1.54) is 21.9 Å². The third-order valence-electron chi connectivity index (χ3n) is 3.96. The molecule has 0 aliphatic heterocycles. The topological polar surface area (TPSA) is 92.3 Å². The molecule has 2 aromatic carbocycles. The monoisotopic (exact) mass is 389 g/mol. The van der Waals surface area contributed by atoms with Gasteiger partial charge in [-0.2, -0.15) is 9.78 Å². The number of aromatic nitrogens is 3. The van der Waals surface area contributed by atoms with Gasteiger partial charge >= 0.3 is 0 Å². The number of hydrogen-bond donors (Lipinski definition) is 1. The summed E-state index contributed by atoms with van der Waals surface area (Å²) < 4.78 is 7.13. The van der Waals surface area contributed by atoms with Gasteiger partial charge in [-0.3, -0.25) is 4.79 Å². The van der Waals surface area contributed by atoms with E-state index in [1.807, 2.05) is 31.2 Å². The average Bonchev–Trinajstić information content (AvgIpc) is 3.11. The van der Waals surface area contributed by atoms with E-state index in [-0.39, 0.29) is 5.56 Å². The van der Waals surface area contributed by atoms with Crippen molar-refractivity contribution >= 4 is 27.1 Å². The highest BCUT2D eigenvalue weighted by molar-refractivity contribution is 7.20. The van der Waals surface area contributed by atoms with Gasteiger partial charge in [0.05, 0.1) is 11.6 Å².